The molecule has 1 saturated heterocycles. The Morgan fingerprint density at radius 2 is 1.89 bits per heavy atom. The maximum Gasteiger partial charge on any atom is 0.257 e. The van der Waals surface area contributed by atoms with E-state index in [2.05, 4.69) is 5.32 Å². The van der Waals surface area contributed by atoms with Crippen LogP contribution >= 0.6 is 0 Å². The van der Waals surface area contributed by atoms with Gasteiger partial charge in [-0.15, -0.1) is 0 Å². The van der Waals surface area contributed by atoms with Gasteiger partial charge in [0, 0.05) is 38.3 Å². The van der Waals surface area contributed by atoms with Gasteiger partial charge in [0.15, 0.2) is 11.5 Å². The standard InChI is InChI=1S/C19H21N3O6/c1-25-15-9-17-16(27-12-28-17)8-14(15)20-18(23)10-21-3-5-22(6-4-21)19(24)13-2-7-26-11-13/h2,7-9,11H,3-6,10,12H2,1H3,(H,20,23). The normalized spacial score (nSPS) is 16.1. The number of piperazine rings is 1. The minimum atomic E-state index is -0.160. The second kappa shape index (κ2) is 7.81. The van der Waals surface area contributed by atoms with Crippen LogP contribution < -0.4 is 19.5 Å². The van der Waals surface area contributed by atoms with E-state index in [1.165, 1.54) is 19.6 Å². The Hall–Kier alpha value is -3.20. The van der Waals surface area contributed by atoms with Crippen LogP contribution in [0.1, 0.15) is 10.4 Å². The summed E-state index contributed by atoms with van der Waals surface area (Å²) in [6.07, 6.45) is 2.93. The lowest BCUT2D eigenvalue weighted by atomic mass is 10.2. The number of ether oxygens (including phenoxy) is 3. The Morgan fingerprint density at radius 3 is 2.57 bits per heavy atom. The third-order valence-corrected chi connectivity index (χ3v) is 4.76. The summed E-state index contributed by atoms with van der Waals surface area (Å²) in [6.45, 7) is 2.74. The van der Waals surface area contributed by atoms with Crippen molar-refractivity contribution in [1.82, 2.24) is 9.80 Å². The monoisotopic (exact) mass is 387 g/mol. The molecule has 2 aliphatic rings. The van der Waals surface area contributed by atoms with E-state index in [1.54, 1.807) is 23.1 Å². The molecular formula is C19H21N3O6. The molecule has 28 heavy (non-hydrogen) atoms. The fourth-order valence-electron chi connectivity index (χ4n) is 3.26. The summed E-state index contributed by atoms with van der Waals surface area (Å²) in [4.78, 5) is 28.6. The molecule has 2 aliphatic heterocycles. The number of nitrogens with zero attached hydrogens (tertiary/aromatic N) is 2. The molecule has 1 aromatic heterocycles. The molecule has 9 nitrogen and oxygen atoms in total. The molecule has 0 spiro atoms. The van der Waals surface area contributed by atoms with Gasteiger partial charge < -0.3 is 28.8 Å². The topological polar surface area (TPSA) is 93.5 Å². The maximum absolute atomic E-state index is 12.5. The quantitative estimate of drug-likeness (QED) is 0.829. The lowest BCUT2D eigenvalue weighted by molar-refractivity contribution is -0.117. The van der Waals surface area contributed by atoms with Gasteiger partial charge in [0.1, 0.15) is 12.0 Å². The number of fused-ring (bicyclic) bond motifs is 1. The second-order valence-corrected chi connectivity index (χ2v) is 6.53. The molecule has 0 saturated carbocycles. The van der Waals surface area contributed by atoms with Gasteiger partial charge in [-0.1, -0.05) is 0 Å². The smallest absolute Gasteiger partial charge is 0.257 e. The molecule has 0 atom stereocenters. The number of amides is 2. The first kappa shape index (κ1) is 18.2. The van der Waals surface area contributed by atoms with E-state index in [4.69, 9.17) is 18.6 Å². The lowest BCUT2D eigenvalue weighted by Crippen LogP contribution is -2.50. The molecule has 0 aliphatic carbocycles. The van der Waals surface area contributed by atoms with Gasteiger partial charge in [0.2, 0.25) is 12.7 Å². The average molecular weight is 387 g/mol. The molecule has 1 fully saturated rings. The Balaban J connectivity index is 1.31. The summed E-state index contributed by atoms with van der Waals surface area (Å²) in [5, 5.41) is 2.86. The van der Waals surface area contributed by atoms with Crippen LogP contribution in [-0.2, 0) is 4.79 Å². The first-order chi connectivity index (χ1) is 13.6. The number of carbonyl (C=O) groups excluding carboxylic acids is 2. The van der Waals surface area contributed by atoms with Gasteiger partial charge in [-0.3, -0.25) is 14.5 Å². The predicted molar refractivity (Wildman–Crippen MR) is 98.8 cm³/mol. The lowest BCUT2D eigenvalue weighted by Gasteiger charge is -2.34. The minimum Gasteiger partial charge on any atom is -0.494 e. The molecule has 4 rings (SSSR count). The van der Waals surface area contributed by atoms with E-state index in [0.29, 0.717) is 54.7 Å². The molecule has 2 amide bonds. The van der Waals surface area contributed by atoms with E-state index in [9.17, 15) is 9.59 Å². The van der Waals surface area contributed by atoms with Crippen molar-refractivity contribution in [2.24, 2.45) is 0 Å². The van der Waals surface area contributed by atoms with Gasteiger partial charge in [0.25, 0.3) is 5.91 Å². The first-order valence-electron chi connectivity index (χ1n) is 8.95. The molecule has 3 heterocycles. The van der Waals surface area contributed by atoms with Crippen LogP contribution in [0.4, 0.5) is 5.69 Å². The first-order valence-corrected chi connectivity index (χ1v) is 8.95. The van der Waals surface area contributed by atoms with Gasteiger partial charge in [-0.05, 0) is 6.07 Å². The van der Waals surface area contributed by atoms with E-state index in [-0.39, 0.29) is 25.2 Å². The maximum atomic E-state index is 12.5. The van der Waals surface area contributed by atoms with Gasteiger partial charge in [-0.25, -0.2) is 0 Å². The Bertz CT molecular complexity index is 859. The molecule has 1 N–H and O–H groups in total. The summed E-state index contributed by atoms with van der Waals surface area (Å²) in [5.41, 5.74) is 1.08. The summed E-state index contributed by atoms with van der Waals surface area (Å²) < 4.78 is 21.0. The van der Waals surface area contributed by atoms with Gasteiger partial charge in [0.05, 0.1) is 31.2 Å². The number of benzene rings is 1. The SMILES string of the molecule is COc1cc2c(cc1NC(=O)CN1CCN(C(=O)c3ccoc3)CC1)OCO2. The Labute approximate surface area is 161 Å². The van der Waals surface area contributed by atoms with Crippen molar-refractivity contribution >= 4 is 17.5 Å². The molecule has 0 unspecified atom stereocenters. The van der Waals surface area contributed by atoms with Crippen molar-refractivity contribution in [1.29, 1.82) is 0 Å². The highest BCUT2D eigenvalue weighted by atomic mass is 16.7. The second-order valence-electron chi connectivity index (χ2n) is 6.53. The zero-order chi connectivity index (χ0) is 19.5. The summed E-state index contributed by atoms with van der Waals surface area (Å²) in [5.74, 6) is 1.46. The molecule has 0 bridgehead atoms. The van der Waals surface area contributed by atoms with Crippen LogP contribution in [-0.4, -0.2) is 68.2 Å². The van der Waals surface area contributed by atoms with Crippen LogP contribution in [0, 0.1) is 0 Å². The molecule has 2 aromatic rings. The van der Waals surface area contributed by atoms with Crippen LogP contribution in [0.2, 0.25) is 0 Å². The highest BCUT2D eigenvalue weighted by Gasteiger charge is 2.24. The van der Waals surface area contributed by atoms with Crippen molar-refractivity contribution in [3.8, 4) is 17.2 Å². The number of rotatable bonds is 5. The van der Waals surface area contributed by atoms with Crippen molar-refractivity contribution in [2.45, 2.75) is 0 Å². The number of anilines is 1. The number of hydrogen-bond acceptors (Lipinski definition) is 7. The van der Waals surface area contributed by atoms with Crippen molar-refractivity contribution in [3.05, 3.63) is 36.3 Å². The number of hydrogen-bond donors (Lipinski definition) is 1. The fraction of sp³-hybridized carbons (Fsp3) is 0.368. The largest absolute Gasteiger partial charge is 0.494 e. The molecule has 1 aromatic carbocycles. The van der Waals surface area contributed by atoms with Crippen molar-refractivity contribution in [2.75, 3.05) is 51.9 Å². The summed E-state index contributed by atoms with van der Waals surface area (Å²) >= 11 is 0. The highest BCUT2D eigenvalue weighted by Crippen LogP contribution is 2.40. The average Bonchev–Trinajstić information content (AvgIpc) is 3.39. The van der Waals surface area contributed by atoms with E-state index in [0.717, 1.165) is 0 Å². The number of furan rings is 1. The summed E-state index contributed by atoms with van der Waals surface area (Å²) in [6, 6.07) is 5.04. The van der Waals surface area contributed by atoms with Gasteiger partial charge in [-0.2, -0.15) is 0 Å². The fourth-order valence-corrected chi connectivity index (χ4v) is 3.26. The van der Waals surface area contributed by atoms with Crippen LogP contribution in [0.3, 0.4) is 0 Å². The van der Waals surface area contributed by atoms with Crippen LogP contribution in [0.25, 0.3) is 0 Å². The van der Waals surface area contributed by atoms with E-state index < -0.39 is 0 Å². The molecule has 148 valence electrons. The number of methoxy groups -OCH3 is 1. The molecular weight excluding hydrogens is 366 g/mol. The third kappa shape index (κ3) is 3.74. The highest BCUT2D eigenvalue weighted by molar-refractivity contribution is 5.95. The molecule has 0 radical (unpaired) electrons. The van der Waals surface area contributed by atoms with Crippen LogP contribution in [0.15, 0.2) is 35.1 Å². The predicted octanol–water partition coefficient (Wildman–Crippen LogP) is 1.41. The van der Waals surface area contributed by atoms with Crippen LogP contribution in [0.5, 0.6) is 17.2 Å². The van der Waals surface area contributed by atoms with E-state index in [1.807, 2.05) is 4.90 Å². The Morgan fingerprint density at radius 1 is 1.14 bits per heavy atom. The number of carbonyl (C=O) groups is 2. The Kier molecular flexibility index (Phi) is 5.07. The third-order valence-electron chi connectivity index (χ3n) is 4.76. The van der Waals surface area contributed by atoms with Crippen molar-refractivity contribution < 1.29 is 28.2 Å². The zero-order valence-corrected chi connectivity index (χ0v) is 15.5. The zero-order valence-electron chi connectivity index (χ0n) is 15.5. The number of nitrogens with one attached hydrogen (secondary N) is 1. The van der Waals surface area contributed by atoms with E-state index >= 15 is 0 Å². The van der Waals surface area contributed by atoms with Crippen molar-refractivity contribution in [3.63, 3.8) is 0 Å². The van der Waals surface area contributed by atoms with Gasteiger partial charge >= 0.3 is 0 Å². The molecule has 9 heteroatoms. The summed E-state index contributed by atoms with van der Waals surface area (Å²) in [7, 11) is 1.53. The minimum absolute atomic E-state index is 0.0528.